The second-order valence-electron chi connectivity index (χ2n) is 6.45. The Morgan fingerprint density at radius 3 is 2.41 bits per heavy atom. The van der Waals surface area contributed by atoms with Crippen LogP contribution < -0.4 is 0 Å². The quantitative estimate of drug-likeness (QED) is 0.590. The number of amides is 2. The molecule has 0 unspecified atom stereocenters. The van der Waals surface area contributed by atoms with Crippen LogP contribution in [0.5, 0.6) is 0 Å². The topological polar surface area (TPSA) is 40.6 Å². The molecular weight excluding hydrogens is 410 g/mol. The number of hydrogen-bond donors (Lipinski definition) is 0. The highest BCUT2D eigenvalue weighted by Gasteiger charge is 2.36. The fraction of sp³-hybridized carbons (Fsp3) is 0.368. The van der Waals surface area contributed by atoms with Crippen molar-refractivity contribution in [2.24, 2.45) is 0 Å². The molecule has 4 nitrogen and oxygen atoms in total. The second-order valence-corrected chi connectivity index (χ2v) is 8.58. The molecule has 1 fully saturated rings. The third-order valence-corrected chi connectivity index (χ3v) is 5.56. The Bertz CT molecular complexity index is 780. The smallest absolute Gasteiger partial charge is 0.256 e. The minimum absolute atomic E-state index is 0.0239. The van der Waals surface area contributed by atoms with Crippen molar-refractivity contribution in [3.05, 3.63) is 58.0 Å². The Kier molecular flexibility index (Phi) is 6.73. The van der Waals surface area contributed by atoms with E-state index in [4.69, 9.17) is 23.2 Å². The van der Waals surface area contributed by atoms with Crippen LogP contribution in [0, 0.1) is 5.82 Å². The maximum Gasteiger partial charge on any atom is 0.256 e. The van der Waals surface area contributed by atoms with E-state index in [1.807, 2.05) is 17.5 Å². The molecule has 2 aromatic rings. The number of carbonyl (C=O) groups is 2. The highest BCUT2D eigenvalue weighted by Crippen LogP contribution is 2.29. The van der Waals surface area contributed by atoms with Crippen LogP contribution in [-0.2, 0) is 22.7 Å². The number of alkyl halides is 2. The molecule has 1 aromatic carbocycles. The van der Waals surface area contributed by atoms with Crippen LogP contribution in [0.3, 0.4) is 0 Å². The van der Waals surface area contributed by atoms with Gasteiger partial charge in [-0.1, -0.05) is 41.4 Å². The molecule has 1 saturated carbocycles. The minimum atomic E-state index is -1.18. The van der Waals surface area contributed by atoms with Crippen molar-refractivity contribution in [1.29, 1.82) is 0 Å². The molecule has 2 amide bonds. The van der Waals surface area contributed by atoms with Crippen LogP contribution in [-0.4, -0.2) is 39.0 Å². The van der Waals surface area contributed by atoms with Gasteiger partial charge >= 0.3 is 0 Å². The number of halogens is 3. The summed E-state index contributed by atoms with van der Waals surface area (Å²) in [5.74, 6) is -0.954. The van der Waals surface area contributed by atoms with Crippen molar-refractivity contribution >= 4 is 46.4 Å². The van der Waals surface area contributed by atoms with Crippen LogP contribution in [0.15, 0.2) is 41.8 Å². The van der Waals surface area contributed by atoms with Crippen LogP contribution in [0.2, 0.25) is 0 Å². The Morgan fingerprint density at radius 2 is 1.85 bits per heavy atom. The first-order valence-corrected chi connectivity index (χ1v) is 10.3. The number of benzene rings is 1. The molecule has 0 bridgehead atoms. The number of nitrogens with zero attached hydrogens (tertiary/aromatic N) is 2. The number of thiophene rings is 1. The van der Waals surface area contributed by atoms with Gasteiger partial charge in [-0.25, -0.2) is 4.39 Å². The summed E-state index contributed by atoms with van der Waals surface area (Å²) >= 11 is 13.0. The average molecular weight is 429 g/mol. The summed E-state index contributed by atoms with van der Waals surface area (Å²) in [6, 6.07) is 9.95. The van der Waals surface area contributed by atoms with E-state index in [-0.39, 0.29) is 24.3 Å². The monoisotopic (exact) mass is 428 g/mol. The molecule has 8 heteroatoms. The first-order chi connectivity index (χ1) is 12.9. The molecule has 3 rings (SSSR count). The molecule has 0 saturated heterocycles. The van der Waals surface area contributed by atoms with Crippen molar-refractivity contribution in [1.82, 2.24) is 9.80 Å². The van der Waals surface area contributed by atoms with Crippen LogP contribution in [0.1, 0.15) is 23.3 Å². The molecule has 0 radical (unpaired) electrons. The predicted molar refractivity (Wildman–Crippen MR) is 105 cm³/mol. The zero-order valence-electron chi connectivity index (χ0n) is 14.5. The van der Waals surface area contributed by atoms with E-state index in [1.54, 1.807) is 28.4 Å². The molecule has 27 heavy (non-hydrogen) atoms. The lowest BCUT2D eigenvalue weighted by atomic mass is 10.2. The zero-order chi connectivity index (χ0) is 19.4. The number of carbonyl (C=O) groups excluding carboxylic acids is 2. The molecule has 0 atom stereocenters. The van der Waals surface area contributed by atoms with E-state index < -0.39 is 10.7 Å². The standard InChI is InChI=1S/C19H19Cl2FN2O2S/c20-18(21)19(26)24(15-7-8-15)12-17(25)23(11-16-2-1-9-27-16)10-13-3-5-14(22)6-4-13/h1-6,9,15,18H,7-8,10-12H2. The summed E-state index contributed by atoms with van der Waals surface area (Å²) in [6.07, 6.45) is 1.70. The van der Waals surface area contributed by atoms with Gasteiger partial charge in [-0.3, -0.25) is 9.59 Å². The van der Waals surface area contributed by atoms with Crippen molar-refractivity contribution < 1.29 is 14.0 Å². The normalized spacial score (nSPS) is 13.6. The molecule has 1 heterocycles. The van der Waals surface area contributed by atoms with E-state index in [0.29, 0.717) is 13.1 Å². The Morgan fingerprint density at radius 1 is 1.15 bits per heavy atom. The summed E-state index contributed by atoms with van der Waals surface area (Å²) in [5.41, 5.74) is 0.818. The molecule has 0 aliphatic heterocycles. The Balaban J connectivity index is 1.74. The SMILES string of the molecule is O=C(CN(C(=O)C(Cl)Cl)C1CC1)N(Cc1ccc(F)cc1)Cc1cccs1. The molecule has 1 aliphatic carbocycles. The van der Waals surface area contributed by atoms with Gasteiger partial charge < -0.3 is 9.80 Å². The van der Waals surface area contributed by atoms with E-state index in [9.17, 15) is 14.0 Å². The van der Waals surface area contributed by atoms with E-state index in [2.05, 4.69) is 0 Å². The first kappa shape index (κ1) is 20.1. The molecule has 0 N–H and O–H groups in total. The fourth-order valence-corrected chi connectivity index (χ4v) is 3.75. The third-order valence-electron chi connectivity index (χ3n) is 4.33. The van der Waals surface area contributed by atoms with Crippen molar-refractivity contribution in [3.63, 3.8) is 0 Å². The highest BCUT2D eigenvalue weighted by molar-refractivity contribution is 7.09. The maximum atomic E-state index is 13.2. The Labute approximate surface area is 171 Å². The van der Waals surface area contributed by atoms with Gasteiger partial charge in [0.05, 0.1) is 6.54 Å². The zero-order valence-corrected chi connectivity index (χ0v) is 16.8. The lowest BCUT2D eigenvalue weighted by Crippen LogP contribution is -2.45. The van der Waals surface area contributed by atoms with E-state index in [0.717, 1.165) is 23.3 Å². The van der Waals surface area contributed by atoms with Crippen molar-refractivity contribution in [2.75, 3.05) is 6.54 Å². The molecule has 1 aliphatic rings. The van der Waals surface area contributed by atoms with Gasteiger partial charge in [0.15, 0.2) is 4.84 Å². The van der Waals surface area contributed by atoms with Gasteiger partial charge in [0.1, 0.15) is 12.4 Å². The van der Waals surface area contributed by atoms with Crippen LogP contribution in [0.25, 0.3) is 0 Å². The molecular formula is C19H19Cl2FN2O2S. The van der Waals surface area contributed by atoms with Crippen LogP contribution >= 0.6 is 34.5 Å². The molecule has 1 aromatic heterocycles. The Hall–Kier alpha value is -1.63. The fourth-order valence-electron chi connectivity index (χ4n) is 2.78. The first-order valence-electron chi connectivity index (χ1n) is 8.57. The average Bonchev–Trinajstić information content (AvgIpc) is 3.36. The maximum absolute atomic E-state index is 13.2. The van der Waals surface area contributed by atoms with Gasteiger partial charge in [0, 0.05) is 17.5 Å². The van der Waals surface area contributed by atoms with Gasteiger partial charge in [0.2, 0.25) is 5.91 Å². The highest BCUT2D eigenvalue weighted by atomic mass is 35.5. The summed E-state index contributed by atoms with van der Waals surface area (Å²) in [6.45, 7) is 0.687. The van der Waals surface area contributed by atoms with Gasteiger partial charge in [-0.15, -0.1) is 11.3 Å². The summed E-state index contributed by atoms with van der Waals surface area (Å²) in [4.78, 5) is 28.2. The lowest BCUT2D eigenvalue weighted by Gasteiger charge is -2.28. The summed E-state index contributed by atoms with van der Waals surface area (Å²) in [5, 5.41) is 1.95. The lowest BCUT2D eigenvalue weighted by molar-refractivity contribution is -0.140. The van der Waals surface area contributed by atoms with Gasteiger partial charge in [-0.05, 0) is 42.0 Å². The number of rotatable bonds is 8. The van der Waals surface area contributed by atoms with Gasteiger partial charge in [0.25, 0.3) is 5.91 Å². The predicted octanol–water partition coefficient (Wildman–Crippen LogP) is 4.21. The largest absolute Gasteiger partial charge is 0.332 e. The summed E-state index contributed by atoms with van der Waals surface area (Å²) in [7, 11) is 0. The summed E-state index contributed by atoms with van der Waals surface area (Å²) < 4.78 is 13.2. The van der Waals surface area contributed by atoms with Gasteiger partial charge in [-0.2, -0.15) is 0 Å². The minimum Gasteiger partial charge on any atom is -0.332 e. The number of hydrogen-bond acceptors (Lipinski definition) is 3. The molecule has 144 valence electrons. The van der Waals surface area contributed by atoms with Crippen molar-refractivity contribution in [3.8, 4) is 0 Å². The third kappa shape index (κ3) is 5.67. The van der Waals surface area contributed by atoms with Crippen molar-refractivity contribution in [2.45, 2.75) is 36.8 Å². The van der Waals surface area contributed by atoms with E-state index >= 15 is 0 Å². The van der Waals surface area contributed by atoms with Crippen LogP contribution in [0.4, 0.5) is 4.39 Å². The molecule has 0 spiro atoms. The van der Waals surface area contributed by atoms with E-state index in [1.165, 1.54) is 17.0 Å². The second kappa shape index (κ2) is 9.04.